The van der Waals surface area contributed by atoms with Crippen molar-refractivity contribution in [1.29, 1.82) is 0 Å². The van der Waals surface area contributed by atoms with Crippen molar-refractivity contribution in [3.8, 4) is 0 Å². The van der Waals surface area contributed by atoms with Crippen LogP contribution in [0.4, 0.5) is 0 Å². The Morgan fingerprint density at radius 1 is 1.11 bits per heavy atom. The van der Waals surface area contributed by atoms with E-state index in [1.54, 1.807) is 13.8 Å². The lowest BCUT2D eigenvalue weighted by Gasteiger charge is -2.23. The summed E-state index contributed by atoms with van der Waals surface area (Å²) in [6.45, 7) is 4.80. The third kappa shape index (κ3) is 9.06. The Morgan fingerprint density at radius 3 is 2.00 bits per heavy atom. The van der Waals surface area contributed by atoms with Crippen LogP contribution in [0.25, 0.3) is 0 Å². The van der Waals surface area contributed by atoms with Gasteiger partial charge in [-0.25, -0.2) is 26.3 Å². The predicted octanol–water partition coefficient (Wildman–Crippen LogP) is -0.996. The Kier molecular flexibility index (Phi) is 8.62. The summed E-state index contributed by atoms with van der Waals surface area (Å²) in [5.41, 5.74) is 4.66. The summed E-state index contributed by atoms with van der Waals surface area (Å²) >= 11 is 0. The fourth-order valence-electron chi connectivity index (χ4n) is 0.947. The van der Waals surface area contributed by atoms with Crippen molar-refractivity contribution in [2.75, 3.05) is 24.6 Å². The Hall–Kier alpha value is 0.0700. The maximum Gasteiger partial charge on any atom is 0.213 e. The molecule has 0 aromatic rings. The Bertz CT molecular complexity index is 433. The quantitative estimate of drug-likeness (QED) is 0.529. The molecule has 0 heterocycles. The number of nitrogens with one attached hydrogen (secondary N) is 2. The summed E-state index contributed by atoms with van der Waals surface area (Å²) in [6, 6.07) is 0. The molecule has 112 valence electrons. The van der Waals surface area contributed by atoms with Crippen molar-refractivity contribution in [1.82, 2.24) is 9.44 Å². The molecule has 0 radical (unpaired) electrons. The maximum atomic E-state index is 11.6. The molecule has 0 aliphatic rings. The first kappa shape index (κ1) is 20.4. The molecule has 0 atom stereocenters. The van der Waals surface area contributed by atoms with Crippen LogP contribution in [0, 0.1) is 0 Å². The van der Waals surface area contributed by atoms with Crippen LogP contribution in [-0.2, 0) is 20.0 Å². The molecular weight excluding hydrogens is 302 g/mol. The van der Waals surface area contributed by atoms with E-state index in [2.05, 4.69) is 9.44 Å². The first-order valence-corrected chi connectivity index (χ1v) is 8.53. The van der Waals surface area contributed by atoms with Crippen molar-refractivity contribution >= 4 is 32.5 Å². The molecular formula is C8H22ClN3O4S2. The molecule has 0 unspecified atom stereocenters. The van der Waals surface area contributed by atoms with E-state index < -0.39 is 25.6 Å². The van der Waals surface area contributed by atoms with Crippen molar-refractivity contribution in [3.05, 3.63) is 0 Å². The molecule has 0 aliphatic carbocycles. The number of sulfonamides is 2. The largest absolute Gasteiger partial charge is 0.329 e. The molecule has 0 aliphatic heterocycles. The van der Waals surface area contributed by atoms with Crippen LogP contribution in [0.15, 0.2) is 0 Å². The summed E-state index contributed by atoms with van der Waals surface area (Å²) in [5.74, 6) is -0.384. The van der Waals surface area contributed by atoms with E-state index in [1.165, 1.54) is 6.92 Å². The zero-order chi connectivity index (χ0) is 13.7. The number of hydrogen-bond acceptors (Lipinski definition) is 5. The van der Waals surface area contributed by atoms with Gasteiger partial charge in [0, 0.05) is 18.6 Å². The number of nitrogens with two attached hydrogens (primary N) is 1. The summed E-state index contributed by atoms with van der Waals surface area (Å²) in [6.07, 6.45) is 0. The van der Waals surface area contributed by atoms with Gasteiger partial charge in [-0.1, -0.05) is 0 Å². The molecule has 10 heteroatoms. The van der Waals surface area contributed by atoms with Gasteiger partial charge in [-0.15, -0.1) is 12.4 Å². The van der Waals surface area contributed by atoms with Crippen LogP contribution in [0.2, 0.25) is 0 Å². The van der Waals surface area contributed by atoms with Gasteiger partial charge in [0.25, 0.3) is 0 Å². The van der Waals surface area contributed by atoms with Gasteiger partial charge in [0.2, 0.25) is 20.0 Å². The third-order valence-corrected chi connectivity index (χ3v) is 5.02. The smallest absolute Gasteiger partial charge is 0.213 e. The van der Waals surface area contributed by atoms with Gasteiger partial charge in [-0.05, 0) is 20.8 Å². The Morgan fingerprint density at radius 2 is 1.61 bits per heavy atom. The minimum Gasteiger partial charge on any atom is -0.329 e. The first-order valence-electron chi connectivity index (χ1n) is 5.22. The molecule has 0 spiro atoms. The monoisotopic (exact) mass is 323 g/mol. The van der Waals surface area contributed by atoms with Gasteiger partial charge in [0.15, 0.2) is 0 Å². The van der Waals surface area contributed by atoms with E-state index in [1.807, 2.05) is 0 Å². The van der Waals surface area contributed by atoms with E-state index in [0.29, 0.717) is 0 Å². The zero-order valence-corrected chi connectivity index (χ0v) is 13.2. The lowest BCUT2D eigenvalue weighted by atomic mass is 10.1. The molecule has 0 aromatic heterocycles. The van der Waals surface area contributed by atoms with E-state index in [0.717, 1.165) is 0 Å². The molecule has 0 saturated heterocycles. The van der Waals surface area contributed by atoms with Gasteiger partial charge in [-0.3, -0.25) is 0 Å². The molecule has 0 bridgehead atoms. The Labute approximate surface area is 115 Å². The standard InChI is InChI=1S/C8H21N3O4S2.ClH/c1-4-16(12,13)10-5-6-17(14,15)11-8(2,3)7-9;/h10-11H,4-7,9H2,1-3H3;1H. The topological polar surface area (TPSA) is 118 Å². The highest BCUT2D eigenvalue weighted by molar-refractivity contribution is 7.90. The van der Waals surface area contributed by atoms with Crippen LogP contribution in [0.3, 0.4) is 0 Å². The Balaban J connectivity index is 0. The molecule has 0 fully saturated rings. The van der Waals surface area contributed by atoms with E-state index in [9.17, 15) is 16.8 Å². The molecule has 0 amide bonds. The van der Waals surface area contributed by atoms with E-state index in [-0.39, 0.29) is 37.0 Å². The molecule has 0 saturated carbocycles. The highest BCUT2D eigenvalue weighted by Gasteiger charge is 2.23. The number of halogens is 1. The van der Waals surface area contributed by atoms with Crippen LogP contribution < -0.4 is 15.2 Å². The fourth-order valence-corrected chi connectivity index (χ4v) is 3.09. The SMILES string of the molecule is CCS(=O)(=O)NCCS(=O)(=O)NC(C)(C)CN.Cl. The average molecular weight is 324 g/mol. The molecule has 0 aromatic carbocycles. The van der Waals surface area contributed by atoms with Crippen molar-refractivity contribution < 1.29 is 16.8 Å². The van der Waals surface area contributed by atoms with Crippen LogP contribution in [-0.4, -0.2) is 47.0 Å². The van der Waals surface area contributed by atoms with E-state index >= 15 is 0 Å². The molecule has 18 heavy (non-hydrogen) atoms. The normalized spacial score (nSPS) is 13.1. The van der Waals surface area contributed by atoms with Crippen LogP contribution >= 0.6 is 12.4 Å². The van der Waals surface area contributed by atoms with Gasteiger partial charge in [0.1, 0.15) is 0 Å². The first-order chi connectivity index (χ1) is 7.54. The van der Waals surface area contributed by atoms with Gasteiger partial charge >= 0.3 is 0 Å². The maximum absolute atomic E-state index is 11.6. The lowest BCUT2D eigenvalue weighted by molar-refractivity contribution is 0.462. The zero-order valence-electron chi connectivity index (χ0n) is 10.8. The van der Waals surface area contributed by atoms with Crippen LogP contribution in [0.5, 0.6) is 0 Å². The summed E-state index contributed by atoms with van der Waals surface area (Å²) in [7, 11) is -6.90. The predicted molar refractivity (Wildman–Crippen MR) is 74.8 cm³/mol. The van der Waals surface area contributed by atoms with Gasteiger partial charge in [0.05, 0.1) is 11.5 Å². The molecule has 0 rings (SSSR count). The summed E-state index contributed by atoms with van der Waals surface area (Å²) < 4.78 is 49.9. The summed E-state index contributed by atoms with van der Waals surface area (Å²) in [4.78, 5) is 0. The second kappa shape index (κ2) is 7.61. The third-order valence-electron chi connectivity index (χ3n) is 2.01. The second-order valence-electron chi connectivity index (χ2n) is 4.31. The van der Waals surface area contributed by atoms with Gasteiger partial charge < -0.3 is 5.73 Å². The minimum atomic E-state index is -3.54. The van der Waals surface area contributed by atoms with Crippen molar-refractivity contribution in [2.24, 2.45) is 5.73 Å². The van der Waals surface area contributed by atoms with Crippen LogP contribution in [0.1, 0.15) is 20.8 Å². The highest BCUT2D eigenvalue weighted by atomic mass is 35.5. The molecule has 7 nitrogen and oxygen atoms in total. The highest BCUT2D eigenvalue weighted by Crippen LogP contribution is 2.01. The number of rotatable bonds is 8. The minimum absolute atomic E-state index is 0. The van der Waals surface area contributed by atoms with Gasteiger partial charge in [-0.2, -0.15) is 0 Å². The molecule has 4 N–H and O–H groups in total. The van der Waals surface area contributed by atoms with Crippen molar-refractivity contribution in [2.45, 2.75) is 26.3 Å². The summed E-state index contributed by atoms with van der Waals surface area (Å²) in [5, 5.41) is 0. The second-order valence-corrected chi connectivity index (χ2v) is 8.24. The average Bonchev–Trinajstić information content (AvgIpc) is 2.15. The van der Waals surface area contributed by atoms with E-state index in [4.69, 9.17) is 5.73 Å². The fraction of sp³-hybridized carbons (Fsp3) is 1.00. The lowest BCUT2D eigenvalue weighted by Crippen LogP contribution is -2.50. The number of hydrogen-bond donors (Lipinski definition) is 3. The van der Waals surface area contributed by atoms with Crippen molar-refractivity contribution in [3.63, 3.8) is 0 Å².